The molecular formula is C10H15N5O. The number of rotatable bonds is 4. The summed E-state index contributed by atoms with van der Waals surface area (Å²) in [6.45, 7) is 5.38. The molecule has 0 aromatic carbocycles. The molecule has 6 nitrogen and oxygen atoms in total. The minimum Gasteiger partial charge on any atom is -0.371 e. The van der Waals surface area contributed by atoms with Crippen molar-refractivity contribution in [3.63, 3.8) is 0 Å². The van der Waals surface area contributed by atoms with Crippen molar-refractivity contribution < 1.29 is 4.79 Å². The van der Waals surface area contributed by atoms with E-state index in [4.69, 9.17) is 5.73 Å². The van der Waals surface area contributed by atoms with E-state index < -0.39 is 5.91 Å². The van der Waals surface area contributed by atoms with Crippen molar-refractivity contribution in [1.82, 2.24) is 9.78 Å². The summed E-state index contributed by atoms with van der Waals surface area (Å²) in [7, 11) is 3.37. The fourth-order valence-corrected chi connectivity index (χ4v) is 1.26. The lowest BCUT2D eigenvalue weighted by Gasteiger charge is -1.99. The van der Waals surface area contributed by atoms with Crippen LogP contribution in [-0.2, 0) is 7.05 Å². The van der Waals surface area contributed by atoms with Gasteiger partial charge in [-0.15, -0.1) is 0 Å². The Morgan fingerprint density at radius 3 is 2.75 bits per heavy atom. The predicted octanol–water partition coefficient (Wildman–Crippen LogP) is 0.839. The molecule has 1 heterocycles. The Kier molecular flexibility index (Phi) is 3.44. The maximum absolute atomic E-state index is 11.3. The van der Waals surface area contributed by atoms with Gasteiger partial charge in [-0.1, -0.05) is 6.58 Å². The number of aromatic nitrogens is 2. The minimum atomic E-state index is -0.562. The van der Waals surface area contributed by atoms with Crippen LogP contribution in [-0.4, -0.2) is 28.4 Å². The highest BCUT2D eigenvalue weighted by Crippen LogP contribution is 2.25. The van der Waals surface area contributed by atoms with Crippen molar-refractivity contribution in [2.75, 3.05) is 12.4 Å². The van der Waals surface area contributed by atoms with Gasteiger partial charge in [0.05, 0.1) is 0 Å². The molecule has 0 saturated heterocycles. The van der Waals surface area contributed by atoms with Crippen LogP contribution < -0.4 is 11.1 Å². The van der Waals surface area contributed by atoms with E-state index >= 15 is 0 Å². The first-order chi connectivity index (χ1) is 7.51. The van der Waals surface area contributed by atoms with Gasteiger partial charge in [-0.05, 0) is 13.0 Å². The first-order valence-electron chi connectivity index (χ1n) is 4.73. The smallest absolute Gasteiger partial charge is 0.256 e. The first-order valence-corrected chi connectivity index (χ1v) is 4.73. The third kappa shape index (κ3) is 2.10. The monoisotopic (exact) mass is 221 g/mol. The average Bonchev–Trinajstić information content (AvgIpc) is 2.55. The second kappa shape index (κ2) is 4.61. The van der Waals surface area contributed by atoms with Crippen molar-refractivity contribution in [2.45, 2.75) is 6.92 Å². The van der Waals surface area contributed by atoms with Gasteiger partial charge < -0.3 is 11.1 Å². The molecular weight excluding hydrogens is 206 g/mol. The third-order valence-corrected chi connectivity index (χ3v) is 2.08. The van der Waals surface area contributed by atoms with Crippen LogP contribution in [0, 0.1) is 0 Å². The minimum absolute atomic E-state index is 0.284. The highest BCUT2D eigenvalue weighted by molar-refractivity contribution is 6.04. The Hall–Kier alpha value is -2.11. The van der Waals surface area contributed by atoms with Gasteiger partial charge in [0.1, 0.15) is 5.56 Å². The molecule has 1 rings (SSSR count). The predicted molar refractivity (Wildman–Crippen MR) is 64.2 cm³/mol. The van der Waals surface area contributed by atoms with Crippen molar-refractivity contribution in [2.24, 2.45) is 17.8 Å². The number of allylic oxidation sites excluding steroid dienone is 1. The van der Waals surface area contributed by atoms with Crippen molar-refractivity contribution in [3.8, 4) is 0 Å². The summed E-state index contributed by atoms with van der Waals surface area (Å²) in [5, 5.41) is 6.90. The van der Waals surface area contributed by atoms with Crippen molar-refractivity contribution in [3.05, 3.63) is 18.2 Å². The van der Waals surface area contributed by atoms with Crippen LogP contribution in [0.1, 0.15) is 17.3 Å². The molecule has 0 spiro atoms. The Balaban J connectivity index is 3.42. The summed E-state index contributed by atoms with van der Waals surface area (Å²) in [6, 6.07) is 0. The summed E-state index contributed by atoms with van der Waals surface area (Å²) in [5.41, 5.74) is 6.27. The van der Waals surface area contributed by atoms with Crippen LogP contribution in [0.4, 0.5) is 11.6 Å². The SMILES string of the molecule is C=C/C(C)=N\c1c(C(N)=O)c(NC)nn1C. The number of amides is 1. The van der Waals surface area contributed by atoms with Gasteiger partial charge in [0.2, 0.25) is 0 Å². The zero-order valence-corrected chi connectivity index (χ0v) is 9.61. The highest BCUT2D eigenvalue weighted by Gasteiger charge is 2.19. The highest BCUT2D eigenvalue weighted by atomic mass is 16.1. The standard InChI is InChI=1S/C10H15N5O/c1-5-6(2)13-10-7(8(11)16)9(12-3)14-15(10)4/h5H,1H2,2-4H3,(H2,11,16)(H,12,14)/b13-6-. The van der Waals surface area contributed by atoms with E-state index in [2.05, 4.69) is 22.0 Å². The number of nitrogens with one attached hydrogen (secondary N) is 1. The van der Waals surface area contributed by atoms with Gasteiger partial charge in [-0.2, -0.15) is 5.10 Å². The van der Waals surface area contributed by atoms with Gasteiger partial charge in [0.15, 0.2) is 11.6 Å². The maximum Gasteiger partial charge on any atom is 0.256 e. The van der Waals surface area contributed by atoms with E-state index in [1.807, 2.05) is 0 Å². The normalized spacial score (nSPS) is 11.3. The second-order valence-electron chi connectivity index (χ2n) is 3.24. The largest absolute Gasteiger partial charge is 0.371 e. The van der Waals surface area contributed by atoms with Crippen molar-refractivity contribution in [1.29, 1.82) is 0 Å². The summed E-state index contributed by atoms with van der Waals surface area (Å²) in [5.74, 6) is 0.285. The zero-order valence-electron chi connectivity index (χ0n) is 9.61. The number of hydrogen-bond donors (Lipinski definition) is 2. The van der Waals surface area contributed by atoms with E-state index in [0.29, 0.717) is 17.3 Å². The summed E-state index contributed by atoms with van der Waals surface area (Å²) >= 11 is 0. The topological polar surface area (TPSA) is 85.3 Å². The lowest BCUT2D eigenvalue weighted by Crippen LogP contribution is -2.12. The molecule has 3 N–H and O–H groups in total. The maximum atomic E-state index is 11.3. The van der Waals surface area contributed by atoms with E-state index in [-0.39, 0.29) is 5.56 Å². The molecule has 0 unspecified atom stereocenters. The molecule has 6 heteroatoms. The van der Waals surface area contributed by atoms with Crippen LogP contribution in [0.25, 0.3) is 0 Å². The number of hydrogen-bond acceptors (Lipinski definition) is 4. The number of carbonyl (C=O) groups is 1. The average molecular weight is 221 g/mol. The molecule has 16 heavy (non-hydrogen) atoms. The first kappa shape index (κ1) is 12.0. The number of aryl methyl sites for hydroxylation is 1. The molecule has 1 aromatic heterocycles. The summed E-state index contributed by atoms with van der Waals surface area (Å²) < 4.78 is 1.50. The van der Waals surface area contributed by atoms with E-state index in [1.54, 1.807) is 27.1 Å². The van der Waals surface area contributed by atoms with Gasteiger partial charge >= 0.3 is 0 Å². The quantitative estimate of drug-likeness (QED) is 0.739. The van der Waals surface area contributed by atoms with Crippen LogP contribution in [0.3, 0.4) is 0 Å². The van der Waals surface area contributed by atoms with Gasteiger partial charge in [0, 0.05) is 19.8 Å². The van der Waals surface area contributed by atoms with Crippen molar-refractivity contribution >= 4 is 23.3 Å². The molecule has 0 radical (unpaired) electrons. The molecule has 0 aliphatic rings. The lowest BCUT2D eigenvalue weighted by atomic mass is 10.3. The van der Waals surface area contributed by atoms with Crippen LogP contribution in [0.15, 0.2) is 17.6 Å². The fourth-order valence-electron chi connectivity index (χ4n) is 1.26. The number of primary amides is 1. The molecule has 0 saturated carbocycles. The van der Waals surface area contributed by atoms with Gasteiger partial charge in [-0.25, -0.2) is 9.67 Å². The van der Waals surface area contributed by atoms with Crippen LogP contribution in [0.2, 0.25) is 0 Å². The molecule has 0 atom stereocenters. The Bertz CT molecular complexity index is 458. The molecule has 0 aliphatic carbocycles. The van der Waals surface area contributed by atoms with E-state index in [1.165, 1.54) is 4.68 Å². The fraction of sp³-hybridized carbons (Fsp3) is 0.300. The molecule has 0 fully saturated rings. The molecule has 0 bridgehead atoms. The number of carbonyl (C=O) groups excluding carboxylic acids is 1. The molecule has 86 valence electrons. The Morgan fingerprint density at radius 1 is 1.69 bits per heavy atom. The Labute approximate surface area is 93.9 Å². The number of nitrogens with two attached hydrogens (primary N) is 1. The van der Waals surface area contributed by atoms with E-state index in [9.17, 15) is 4.79 Å². The number of nitrogens with zero attached hydrogens (tertiary/aromatic N) is 3. The lowest BCUT2D eigenvalue weighted by molar-refractivity contribution is 0.100. The number of aliphatic imine (C=N–C) groups is 1. The molecule has 1 aromatic rings. The summed E-state index contributed by atoms with van der Waals surface area (Å²) in [6.07, 6.45) is 1.59. The number of anilines is 1. The zero-order chi connectivity index (χ0) is 12.3. The van der Waals surface area contributed by atoms with Gasteiger partial charge in [0.25, 0.3) is 5.91 Å². The summed E-state index contributed by atoms with van der Waals surface area (Å²) in [4.78, 5) is 15.5. The Morgan fingerprint density at radius 2 is 2.31 bits per heavy atom. The second-order valence-corrected chi connectivity index (χ2v) is 3.24. The third-order valence-electron chi connectivity index (χ3n) is 2.08. The molecule has 1 amide bonds. The van der Waals surface area contributed by atoms with Crippen LogP contribution >= 0.6 is 0 Å². The molecule has 0 aliphatic heterocycles. The van der Waals surface area contributed by atoms with Crippen LogP contribution in [0.5, 0.6) is 0 Å². The van der Waals surface area contributed by atoms with Gasteiger partial charge in [-0.3, -0.25) is 4.79 Å². The van der Waals surface area contributed by atoms with E-state index in [0.717, 1.165) is 0 Å².